The molecule has 1 aromatic carbocycles. The highest BCUT2D eigenvalue weighted by Gasteiger charge is 2.23. The van der Waals surface area contributed by atoms with Gasteiger partial charge in [-0.15, -0.1) is 0 Å². The molecule has 0 aliphatic carbocycles. The van der Waals surface area contributed by atoms with Crippen LogP contribution in [0.25, 0.3) is 0 Å². The Hall–Kier alpha value is -0.890. The monoisotopic (exact) mass is 221 g/mol. The van der Waals surface area contributed by atoms with E-state index < -0.39 is 0 Å². The van der Waals surface area contributed by atoms with E-state index in [9.17, 15) is 4.39 Å². The predicted octanol–water partition coefficient (Wildman–Crippen LogP) is 3.14. The van der Waals surface area contributed by atoms with Gasteiger partial charge in [-0.25, -0.2) is 4.39 Å². The largest absolute Gasteiger partial charge is 0.296 e. The molecule has 1 atom stereocenters. The maximum atomic E-state index is 12.8. The van der Waals surface area contributed by atoms with E-state index in [1.807, 2.05) is 7.05 Å². The van der Waals surface area contributed by atoms with Crippen LogP contribution in [0.3, 0.4) is 0 Å². The fraction of sp³-hybridized carbons (Fsp3) is 0.571. The molecule has 1 aliphatic rings. The molecule has 0 saturated heterocycles. The lowest BCUT2D eigenvalue weighted by atomic mass is 9.91. The van der Waals surface area contributed by atoms with Crippen molar-refractivity contribution in [1.29, 1.82) is 0 Å². The van der Waals surface area contributed by atoms with Gasteiger partial charge in [0.2, 0.25) is 0 Å². The molecule has 1 nitrogen and oxygen atoms in total. The van der Waals surface area contributed by atoms with Gasteiger partial charge < -0.3 is 0 Å². The van der Waals surface area contributed by atoms with E-state index in [-0.39, 0.29) is 12.7 Å². The second-order valence-corrected chi connectivity index (χ2v) is 5.11. The van der Waals surface area contributed by atoms with Gasteiger partial charge >= 0.3 is 0 Å². The van der Waals surface area contributed by atoms with Gasteiger partial charge in [0.15, 0.2) is 0 Å². The molecule has 0 N–H and O–H groups in total. The van der Waals surface area contributed by atoms with Crippen LogP contribution in [0.4, 0.5) is 4.39 Å². The summed E-state index contributed by atoms with van der Waals surface area (Å²) in [5.74, 6) is 0.564. The Bertz CT molecular complexity index is 373. The van der Waals surface area contributed by atoms with Crippen LogP contribution in [0, 0.1) is 0 Å². The van der Waals surface area contributed by atoms with E-state index in [0.717, 1.165) is 13.0 Å². The summed E-state index contributed by atoms with van der Waals surface area (Å²) >= 11 is 0. The number of hydrogen-bond donors (Lipinski definition) is 0. The van der Waals surface area contributed by atoms with Crippen molar-refractivity contribution in [1.82, 2.24) is 4.90 Å². The van der Waals surface area contributed by atoms with E-state index in [1.54, 1.807) is 0 Å². The number of hydrogen-bond acceptors (Lipinski definition) is 1. The van der Waals surface area contributed by atoms with Crippen LogP contribution in [0.15, 0.2) is 18.2 Å². The average molecular weight is 221 g/mol. The molecular weight excluding hydrogens is 201 g/mol. The van der Waals surface area contributed by atoms with Crippen molar-refractivity contribution in [3.05, 3.63) is 34.9 Å². The van der Waals surface area contributed by atoms with Crippen LogP contribution in [-0.2, 0) is 13.0 Å². The molecule has 88 valence electrons. The average Bonchev–Trinajstić information content (AvgIpc) is 2.27. The lowest BCUT2D eigenvalue weighted by molar-refractivity contribution is 0.179. The second-order valence-electron chi connectivity index (χ2n) is 5.11. The summed E-state index contributed by atoms with van der Waals surface area (Å²) in [6, 6.07) is 6.72. The van der Waals surface area contributed by atoms with Gasteiger partial charge in [-0.05, 0) is 36.1 Å². The standard InChI is InChI=1S/C14H20FN/c1-10(2)11-4-5-12-7-14(8-15)16(3)9-13(12)6-11/h4-6,10,14H,7-9H2,1-3H3. The van der Waals surface area contributed by atoms with Crippen molar-refractivity contribution in [3.8, 4) is 0 Å². The minimum atomic E-state index is -0.248. The molecule has 0 saturated carbocycles. The van der Waals surface area contributed by atoms with E-state index in [1.165, 1.54) is 16.7 Å². The molecule has 1 heterocycles. The maximum Gasteiger partial charge on any atom is 0.105 e. The van der Waals surface area contributed by atoms with Gasteiger partial charge in [-0.2, -0.15) is 0 Å². The molecule has 2 rings (SSSR count). The molecule has 1 aliphatic heterocycles. The van der Waals surface area contributed by atoms with Crippen LogP contribution in [0.1, 0.15) is 36.5 Å². The minimum Gasteiger partial charge on any atom is -0.296 e. The third kappa shape index (κ3) is 2.12. The zero-order valence-corrected chi connectivity index (χ0v) is 10.3. The molecule has 2 heteroatoms. The lowest BCUT2D eigenvalue weighted by Crippen LogP contribution is -2.38. The van der Waals surface area contributed by atoms with Crippen molar-refractivity contribution in [2.45, 2.75) is 38.8 Å². The van der Waals surface area contributed by atoms with E-state index in [2.05, 4.69) is 36.9 Å². The van der Waals surface area contributed by atoms with Gasteiger partial charge in [0, 0.05) is 12.6 Å². The van der Waals surface area contributed by atoms with Gasteiger partial charge in [-0.3, -0.25) is 4.90 Å². The minimum absolute atomic E-state index is 0.0670. The van der Waals surface area contributed by atoms with Crippen LogP contribution >= 0.6 is 0 Å². The lowest BCUT2D eigenvalue weighted by Gasteiger charge is -2.32. The van der Waals surface area contributed by atoms with Crippen LogP contribution in [0.2, 0.25) is 0 Å². The summed E-state index contributed by atoms with van der Waals surface area (Å²) in [4.78, 5) is 2.12. The quantitative estimate of drug-likeness (QED) is 0.741. The highest BCUT2D eigenvalue weighted by atomic mass is 19.1. The normalized spacial score (nSPS) is 21.2. The van der Waals surface area contributed by atoms with Crippen molar-refractivity contribution < 1.29 is 4.39 Å². The van der Waals surface area contributed by atoms with E-state index in [0.29, 0.717) is 5.92 Å². The van der Waals surface area contributed by atoms with Gasteiger partial charge in [-0.1, -0.05) is 32.0 Å². The van der Waals surface area contributed by atoms with E-state index in [4.69, 9.17) is 0 Å². The third-order valence-corrected chi connectivity index (χ3v) is 3.57. The van der Waals surface area contributed by atoms with Gasteiger partial charge in [0.25, 0.3) is 0 Å². The molecule has 0 amide bonds. The van der Waals surface area contributed by atoms with Crippen LogP contribution < -0.4 is 0 Å². The molecule has 0 bridgehead atoms. The highest BCUT2D eigenvalue weighted by Crippen LogP contribution is 2.26. The summed E-state index contributed by atoms with van der Waals surface area (Å²) in [5, 5.41) is 0. The Kier molecular flexibility index (Phi) is 3.29. The van der Waals surface area contributed by atoms with Crippen molar-refractivity contribution in [2.24, 2.45) is 0 Å². The Morgan fingerprint density at radius 1 is 1.38 bits per heavy atom. The number of rotatable bonds is 2. The molecule has 0 aromatic heterocycles. The molecule has 0 spiro atoms. The fourth-order valence-corrected chi connectivity index (χ4v) is 2.33. The first-order valence-corrected chi connectivity index (χ1v) is 5.99. The number of halogens is 1. The van der Waals surface area contributed by atoms with Crippen molar-refractivity contribution >= 4 is 0 Å². The number of benzene rings is 1. The highest BCUT2D eigenvalue weighted by molar-refractivity contribution is 5.35. The first kappa shape index (κ1) is 11.6. The molecule has 1 unspecified atom stereocenters. The first-order chi connectivity index (χ1) is 7.61. The number of nitrogens with zero attached hydrogens (tertiary/aromatic N) is 1. The molecular formula is C14H20FN. The zero-order valence-electron chi connectivity index (χ0n) is 10.3. The molecule has 0 fully saturated rings. The number of alkyl halides is 1. The van der Waals surface area contributed by atoms with Gasteiger partial charge in [0.05, 0.1) is 0 Å². The summed E-state index contributed by atoms with van der Waals surface area (Å²) in [6.45, 7) is 5.05. The Morgan fingerprint density at radius 3 is 2.75 bits per heavy atom. The Labute approximate surface area is 97.3 Å². The Morgan fingerprint density at radius 2 is 2.12 bits per heavy atom. The van der Waals surface area contributed by atoms with E-state index >= 15 is 0 Å². The van der Waals surface area contributed by atoms with Crippen LogP contribution in [-0.4, -0.2) is 24.7 Å². The maximum absolute atomic E-state index is 12.8. The zero-order chi connectivity index (χ0) is 11.7. The van der Waals surface area contributed by atoms with Crippen LogP contribution in [0.5, 0.6) is 0 Å². The smallest absolute Gasteiger partial charge is 0.105 e. The predicted molar refractivity (Wildman–Crippen MR) is 65.5 cm³/mol. The summed E-state index contributed by atoms with van der Waals surface area (Å²) in [7, 11) is 2.01. The van der Waals surface area contributed by atoms with Crippen molar-refractivity contribution in [3.63, 3.8) is 0 Å². The number of likely N-dealkylation sites (N-methyl/N-ethyl adjacent to an activating group) is 1. The SMILES string of the molecule is CC(C)c1ccc2c(c1)CN(C)C(CF)C2. The van der Waals surface area contributed by atoms with Gasteiger partial charge in [0.1, 0.15) is 6.67 Å². The summed E-state index contributed by atoms with van der Waals surface area (Å²) < 4.78 is 12.8. The fourth-order valence-electron chi connectivity index (χ4n) is 2.33. The molecule has 0 radical (unpaired) electrons. The molecule has 1 aromatic rings. The Balaban J connectivity index is 2.29. The third-order valence-electron chi connectivity index (χ3n) is 3.57. The second kappa shape index (κ2) is 4.54. The topological polar surface area (TPSA) is 3.24 Å². The molecule has 16 heavy (non-hydrogen) atoms. The number of fused-ring (bicyclic) bond motifs is 1. The van der Waals surface area contributed by atoms with Crippen molar-refractivity contribution in [2.75, 3.05) is 13.7 Å². The summed E-state index contributed by atoms with van der Waals surface area (Å²) in [6.07, 6.45) is 0.848. The summed E-state index contributed by atoms with van der Waals surface area (Å²) in [5.41, 5.74) is 4.08. The first-order valence-electron chi connectivity index (χ1n) is 5.99.